The minimum atomic E-state index is 0.121. The molecule has 1 fully saturated rings. The highest BCUT2D eigenvalue weighted by atomic mass is 15.2. The Balaban J connectivity index is 1.96. The number of nitrogens with zero attached hydrogens (tertiary/aromatic N) is 3. The highest BCUT2D eigenvalue weighted by Gasteiger charge is 2.26. The molecule has 1 aromatic heterocycles. The number of nitrogen functional groups attached to an aromatic ring is 1. The van der Waals surface area contributed by atoms with Crippen LogP contribution in [0.5, 0.6) is 0 Å². The number of benzene rings is 1. The molecule has 0 spiro atoms. The number of anilines is 2. The molecule has 1 aliphatic rings. The van der Waals surface area contributed by atoms with E-state index in [0.29, 0.717) is 17.4 Å². The summed E-state index contributed by atoms with van der Waals surface area (Å²) < 4.78 is 0. The molecule has 3 rings (SSSR count). The Labute approximate surface area is 149 Å². The Morgan fingerprint density at radius 2 is 1.96 bits per heavy atom. The van der Waals surface area contributed by atoms with E-state index in [2.05, 4.69) is 55.0 Å². The molecule has 1 aliphatic heterocycles. The van der Waals surface area contributed by atoms with E-state index in [9.17, 15) is 5.26 Å². The summed E-state index contributed by atoms with van der Waals surface area (Å²) in [5.74, 6) is 0.323. The van der Waals surface area contributed by atoms with Gasteiger partial charge in [-0.1, -0.05) is 11.6 Å². The van der Waals surface area contributed by atoms with Crippen molar-refractivity contribution in [3.63, 3.8) is 0 Å². The zero-order valence-corrected chi connectivity index (χ0v) is 15.6. The van der Waals surface area contributed by atoms with Gasteiger partial charge in [0.2, 0.25) is 0 Å². The van der Waals surface area contributed by atoms with Crippen LogP contribution < -0.4 is 16.0 Å². The summed E-state index contributed by atoms with van der Waals surface area (Å²) in [6.45, 7) is 10.5. The third-order valence-corrected chi connectivity index (χ3v) is 4.70. The number of fused-ring (bicyclic) bond motifs is 1. The average Bonchev–Trinajstić information content (AvgIpc) is 2.53. The predicted octanol–water partition coefficient (Wildman–Crippen LogP) is 3.35. The minimum Gasteiger partial charge on any atom is -0.383 e. The largest absolute Gasteiger partial charge is 0.383 e. The maximum atomic E-state index is 9.65. The van der Waals surface area contributed by atoms with Crippen LogP contribution in [0.2, 0.25) is 0 Å². The third-order valence-electron chi connectivity index (χ3n) is 4.70. The molecule has 25 heavy (non-hydrogen) atoms. The second-order valence-electron chi connectivity index (χ2n) is 8.01. The number of nitriles is 1. The number of aryl methyl sites for hydroxylation is 1. The van der Waals surface area contributed by atoms with Crippen LogP contribution in [0.25, 0.3) is 10.9 Å². The van der Waals surface area contributed by atoms with E-state index in [4.69, 9.17) is 5.73 Å². The molecule has 3 N–H and O–H groups in total. The van der Waals surface area contributed by atoms with Crippen LogP contribution in [-0.2, 0) is 0 Å². The van der Waals surface area contributed by atoms with E-state index in [0.717, 1.165) is 48.1 Å². The number of hydrogen-bond donors (Lipinski definition) is 2. The van der Waals surface area contributed by atoms with Crippen molar-refractivity contribution in [1.82, 2.24) is 10.3 Å². The van der Waals surface area contributed by atoms with E-state index < -0.39 is 0 Å². The van der Waals surface area contributed by atoms with Gasteiger partial charge in [-0.25, -0.2) is 4.98 Å². The van der Waals surface area contributed by atoms with Crippen molar-refractivity contribution in [2.75, 3.05) is 23.7 Å². The number of nitrogens with one attached hydrogen (secondary N) is 1. The van der Waals surface area contributed by atoms with Gasteiger partial charge in [0.15, 0.2) is 0 Å². The summed E-state index contributed by atoms with van der Waals surface area (Å²) in [5, 5.41) is 14.4. The first-order chi connectivity index (χ1) is 11.8. The van der Waals surface area contributed by atoms with E-state index in [-0.39, 0.29) is 5.54 Å². The van der Waals surface area contributed by atoms with Crippen LogP contribution in [-0.4, -0.2) is 29.7 Å². The minimum absolute atomic E-state index is 0.121. The molecule has 2 aromatic rings. The lowest BCUT2D eigenvalue weighted by molar-refractivity contribution is 0.317. The quantitative estimate of drug-likeness (QED) is 0.878. The lowest BCUT2D eigenvalue weighted by Gasteiger charge is -2.38. The Hall–Kier alpha value is -2.32. The van der Waals surface area contributed by atoms with Crippen LogP contribution in [0.4, 0.5) is 11.5 Å². The maximum Gasteiger partial charge on any atom is 0.144 e. The predicted molar refractivity (Wildman–Crippen MR) is 104 cm³/mol. The van der Waals surface area contributed by atoms with Gasteiger partial charge in [0.25, 0.3) is 0 Å². The molecule has 0 atom stereocenters. The van der Waals surface area contributed by atoms with Gasteiger partial charge in [-0.2, -0.15) is 5.26 Å². The molecule has 132 valence electrons. The fourth-order valence-electron chi connectivity index (χ4n) is 3.68. The molecule has 0 saturated carbocycles. The van der Waals surface area contributed by atoms with Crippen molar-refractivity contribution < 1.29 is 0 Å². The summed E-state index contributed by atoms with van der Waals surface area (Å²) in [6, 6.07) is 8.91. The van der Waals surface area contributed by atoms with Crippen molar-refractivity contribution >= 4 is 22.4 Å². The van der Waals surface area contributed by atoms with Crippen LogP contribution in [0.15, 0.2) is 18.2 Å². The molecule has 0 amide bonds. The molecule has 0 aliphatic carbocycles. The van der Waals surface area contributed by atoms with Gasteiger partial charge < -0.3 is 16.0 Å². The Bertz CT molecular complexity index is 821. The topological polar surface area (TPSA) is 78.0 Å². The van der Waals surface area contributed by atoms with Crippen molar-refractivity contribution in [2.45, 2.75) is 52.1 Å². The van der Waals surface area contributed by atoms with E-state index in [1.165, 1.54) is 0 Å². The fraction of sp³-hybridized carbons (Fsp3) is 0.500. The van der Waals surface area contributed by atoms with Crippen LogP contribution in [0, 0.1) is 18.3 Å². The molecule has 2 heterocycles. The highest BCUT2D eigenvalue weighted by Crippen LogP contribution is 2.35. The molecule has 0 radical (unpaired) electrons. The SMILES string of the molecule is Cc1ccc2nc(N)c(C#N)c(N3CCC(NC(C)(C)C)CC3)c2c1. The Morgan fingerprint density at radius 3 is 2.56 bits per heavy atom. The normalized spacial score (nSPS) is 16.2. The maximum absolute atomic E-state index is 9.65. The lowest BCUT2D eigenvalue weighted by atomic mass is 9.98. The van der Waals surface area contributed by atoms with Crippen LogP contribution >= 0.6 is 0 Å². The first-order valence-electron chi connectivity index (χ1n) is 8.91. The van der Waals surface area contributed by atoms with Gasteiger partial charge in [-0.3, -0.25) is 0 Å². The van der Waals surface area contributed by atoms with Gasteiger partial charge >= 0.3 is 0 Å². The molecule has 1 saturated heterocycles. The zero-order valence-electron chi connectivity index (χ0n) is 15.6. The number of aromatic nitrogens is 1. The van der Waals surface area contributed by atoms with Gasteiger partial charge in [0, 0.05) is 30.1 Å². The summed E-state index contributed by atoms with van der Waals surface area (Å²) in [7, 11) is 0. The summed E-state index contributed by atoms with van der Waals surface area (Å²) in [4.78, 5) is 6.73. The van der Waals surface area contributed by atoms with E-state index >= 15 is 0 Å². The van der Waals surface area contributed by atoms with Crippen LogP contribution in [0.3, 0.4) is 0 Å². The Morgan fingerprint density at radius 1 is 1.28 bits per heavy atom. The molecule has 0 unspecified atom stereocenters. The first-order valence-corrected chi connectivity index (χ1v) is 8.91. The van der Waals surface area contributed by atoms with Crippen molar-refractivity contribution in [3.8, 4) is 6.07 Å². The third kappa shape index (κ3) is 3.69. The summed E-state index contributed by atoms with van der Waals surface area (Å²) in [5.41, 5.74) is 9.66. The van der Waals surface area contributed by atoms with E-state index in [1.54, 1.807) is 0 Å². The molecular formula is C20H27N5. The second-order valence-corrected chi connectivity index (χ2v) is 8.01. The highest BCUT2D eigenvalue weighted by molar-refractivity contribution is 5.97. The molecule has 0 bridgehead atoms. The summed E-state index contributed by atoms with van der Waals surface area (Å²) >= 11 is 0. The van der Waals surface area contributed by atoms with Gasteiger partial charge in [0.1, 0.15) is 17.5 Å². The summed E-state index contributed by atoms with van der Waals surface area (Å²) in [6.07, 6.45) is 2.11. The number of hydrogen-bond acceptors (Lipinski definition) is 5. The van der Waals surface area contributed by atoms with Gasteiger partial charge in [-0.05, 0) is 52.7 Å². The number of piperidine rings is 1. The fourth-order valence-corrected chi connectivity index (χ4v) is 3.68. The van der Waals surface area contributed by atoms with Gasteiger partial charge in [-0.15, -0.1) is 0 Å². The number of rotatable bonds is 2. The monoisotopic (exact) mass is 337 g/mol. The number of nitrogens with two attached hydrogens (primary N) is 1. The average molecular weight is 337 g/mol. The van der Waals surface area contributed by atoms with E-state index in [1.807, 2.05) is 12.1 Å². The molecule has 5 nitrogen and oxygen atoms in total. The van der Waals surface area contributed by atoms with Crippen molar-refractivity contribution in [3.05, 3.63) is 29.3 Å². The smallest absolute Gasteiger partial charge is 0.144 e. The van der Waals surface area contributed by atoms with Crippen molar-refractivity contribution in [1.29, 1.82) is 5.26 Å². The van der Waals surface area contributed by atoms with Crippen LogP contribution in [0.1, 0.15) is 44.7 Å². The lowest BCUT2D eigenvalue weighted by Crippen LogP contribution is -2.49. The Kier molecular flexibility index (Phi) is 4.57. The standard InChI is InChI=1S/C20H27N5/c1-13-5-6-17-15(11-13)18(16(12-21)19(22)23-17)25-9-7-14(8-10-25)24-20(2,3)4/h5-6,11,14,24H,7-10H2,1-4H3,(H2,22,23). The molecule has 5 heteroatoms. The molecule has 1 aromatic carbocycles. The van der Waals surface area contributed by atoms with Gasteiger partial charge in [0.05, 0.1) is 11.2 Å². The zero-order chi connectivity index (χ0) is 18.2. The second kappa shape index (κ2) is 6.53. The molecular weight excluding hydrogens is 310 g/mol. The van der Waals surface area contributed by atoms with Crippen molar-refractivity contribution in [2.24, 2.45) is 0 Å². The first kappa shape index (κ1) is 17.5. The number of pyridine rings is 1.